The molecular formula is C16H23NOS. The molecular weight excluding hydrogens is 254 g/mol. The van der Waals surface area contributed by atoms with Crippen LogP contribution < -0.4 is 0 Å². The molecule has 1 aliphatic carbocycles. The van der Waals surface area contributed by atoms with Crippen LogP contribution in [-0.2, 0) is 11.4 Å². The monoisotopic (exact) mass is 277 g/mol. The van der Waals surface area contributed by atoms with Crippen molar-refractivity contribution in [3.05, 3.63) is 29.8 Å². The van der Waals surface area contributed by atoms with E-state index in [9.17, 15) is 4.55 Å². The van der Waals surface area contributed by atoms with Crippen molar-refractivity contribution < 1.29 is 4.55 Å². The van der Waals surface area contributed by atoms with Crippen LogP contribution in [0, 0.1) is 24.7 Å². The standard InChI is InChI=1S/C16H23NOS/c1-12-4-6-16(7-5-12)19(18)17-11-15-9-13(2)8-14(3)10-15/h4-7,11,13-15H,8-10H2,1-3H3/b17-11-/t13-,14+,15?,19-/m0/s1. The summed E-state index contributed by atoms with van der Waals surface area (Å²) in [5, 5.41) is 0. The SMILES string of the molecule is Cc1ccc([S@+]([O-])/N=C\C2C[C@@H](C)C[C@@H](C)C2)cc1. The molecule has 2 nitrogen and oxygen atoms in total. The van der Waals surface area contributed by atoms with Crippen molar-refractivity contribution in [2.24, 2.45) is 22.2 Å². The van der Waals surface area contributed by atoms with Gasteiger partial charge in [-0.25, -0.2) is 0 Å². The molecule has 1 aliphatic rings. The quantitative estimate of drug-likeness (QED) is 0.603. The van der Waals surface area contributed by atoms with Crippen LogP contribution in [0.25, 0.3) is 0 Å². The van der Waals surface area contributed by atoms with E-state index in [2.05, 4.69) is 18.2 Å². The zero-order valence-electron chi connectivity index (χ0n) is 12.0. The molecule has 0 aromatic heterocycles. The molecule has 0 saturated heterocycles. The molecule has 0 aliphatic heterocycles. The van der Waals surface area contributed by atoms with Crippen molar-refractivity contribution in [3.63, 3.8) is 0 Å². The molecule has 4 atom stereocenters. The van der Waals surface area contributed by atoms with Gasteiger partial charge in [-0.15, -0.1) is 0 Å². The van der Waals surface area contributed by atoms with E-state index >= 15 is 0 Å². The lowest BCUT2D eigenvalue weighted by atomic mass is 9.77. The lowest BCUT2D eigenvalue weighted by Crippen LogP contribution is -2.20. The molecule has 0 bridgehead atoms. The van der Waals surface area contributed by atoms with Gasteiger partial charge < -0.3 is 4.55 Å². The van der Waals surface area contributed by atoms with Crippen LogP contribution in [0.1, 0.15) is 38.7 Å². The van der Waals surface area contributed by atoms with Gasteiger partial charge in [-0.05, 0) is 56.1 Å². The van der Waals surface area contributed by atoms with Gasteiger partial charge in [-0.2, -0.15) is 0 Å². The number of benzene rings is 1. The lowest BCUT2D eigenvalue weighted by Gasteiger charge is -2.28. The highest BCUT2D eigenvalue weighted by Gasteiger charge is 2.23. The Balaban J connectivity index is 1.96. The average Bonchev–Trinajstić information content (AvgIpc) is 2.36. The predicted octanol–water partition coefficient (Wildman–Crippen LogP) is 4.16. The first-order chi connectivity index (χ1) is 9.04. The second-order valence-corrected chi connectivity index (χ2v) is 7.17. The molecule has 3 heteroatoms. The van der Waals surface area contributed by atoms with Crippen molar-refractivity contribution in [2.75, 3.05) is 0 Å². The van der Waals surface area contributed by atoms with Crippen LogP contribution in [0.5, 0.6) is 0 Å². The van der Waals surface area contributed by atoms with E-state index in [1.807, 2.05) is 37.4 Å². The second kappa shape index (κ2) is 6.58. The lowest BCUT2D eigenvalue weighted by molar-refractivity contribution is 0.267. The highest BCUT2D eigenvalue weighted by molar-refractivity contribution is 7.90. The van der Waals surface area contributed by atoms with Gasteiger partial charge in [0.15, 0.2) is 4.90 Å². The Hall–Kier alpha value is -0.800. The number of hydrogen-bond donors (Lipinski definition) is 0. The Labute approximate surface area is 119 Å². The van der Waals surface area contributed by atoms with Crippen LogP contribution in [0.3, 0.4) is 0 Å². The van der Waals surface area contributed by atoms with Gasteiger partial charge >= 0.3 is 0 Å². The Kier molecular flexibility index (Phi) is 5.06. The van der Waals surface area contributed by atoms with Gasteiger partial charge in [-0.1, -0.05) is 35.9 Å². The second-order valence-electron chi connectivity index (χ2n) is 5.99. The van der Waals surface area contributed by atoms with E-state index in [4.69, 9.17) is 0 Å². The van der Waals surface area contributed by atoms with E-state index in [0.29, 0.717) is 5.92 Å². The molecule has 1 saturated carbocycles. The molecule has 104 valence electrons. The Morgan fingerprint density at radius 3 is 2.26 bits per heavy atom. The number of aryl methyl sites for hydroxylation is 1. The maximum absolute atomic E-state index is 12.1. The van der Waals surface area contributed by atoms with E-state index in [1.165, 1.54) is 24.8 Å². The van der Waals surface area contributed by atoms with Gasteiger partial charge in [0, 0.05) is 0 Å². The molecule has 0 amide bonds. The minimum Gasteiger partial charge on any atom is -0.586 e. The number of rotatable bonds is 3. The Morgan fingerprint density at radius 1 is 1.11 bits per heavy atom. The molecule has 2 rings (SSSR count). The summed E-state index contributed by atoms with van der Waals surface area (Å²) in [6, 6.07) is 7.75. The predicted molar refractivity (Wildman–Crippen MR) is 81.7 cm³/mol. The minimum absolute atomic E-state index is 0.494. The summed E-state index contributed by atoms with van der Waals surface area (Å²) >= 11 is -1.25. The summed E-state index contributed by atoms with van der Waals surface area (Å²) in [4.78, 5) is 0.791. The fraction of sp³-hybridized carbons (Fsp3) is 0.562. The first-order valence-corrected chi connectivity index (χ1v) is 8.18. The van der Waals surface area contributed by atoms with E-state index in [1.54, 1.807) is 0 Å². The van der Waals surface area contributed by atoms with E-state index in [0.717, 1.165) is 16.7 Å². The minimum atomic E-state index is -1.25. The van der Waals surface area contributed by atoms with Crippen LogP contribution in [0.2, 0.25) is 0 Å². The Morgan fingerprint density at radius 2 is 1.68 bits per heavy atom. The third-order valence-corrected chi connectivity index (χ3v) is 4.79. The van der Waals surface area contributed by atoms with Crippen LogP contribution in [0.15, 0.2) is 33.6 Å². The maximum atomic E-state index is 12.1. The zero-order chi connectivity index (χ0) is 13.8. The molecule has 0 radical (unpaired) electrons. The summed E-state index contributed by atoms with van der Waals surface area (Å²) in [6.07, 6.45) is 5.60. The normalized spacial score (nSPS) is 29.6. The summed E-state index contributed by atoms with van der Waals surface area (Å²) in [7, 11) is 0. The number of nitrogens with zero attached hydrogens (tertiary/aromatic N) is 1. The molecule has 19 heavy (non-hydrogen) atoms. The molecule has 1 unspecified atom stereocenters. The van der Waals surface area contributed by atoms with Gasteiger partial charge in [-0.3, -0.25) is 0 Å². The highest BCUT2D eigenvalue weighted by Crippen LogP contribution is 2.32. The van der Waals surface area contributed by atoms with Crippen molar-refractivity contribution in [1.29, 1.82) is 0 Å². The van der Waals surface area contributed by atoms with Gasteiger partial charge in [0.2, 0.25) is 0 Å². The topological polar surface area (TPSA) is 35.4 Å². The van der Waals surface area contributed by atoms with Crippen molar-refractivity contribution in [1.82, 2.24) is 0 Å². The molecule has 0 N–H and O–H groups in total. The van der Waals surface area contributed by atoms with Gasteiger partial charge in [0.1, 0.15) is 11.4 Å². The third-order valence-electron chi connectivity index (χ3n) is 3.81. The first kappa shape index (κ1) is 14.6. The number of hydrogen-bond acceptors (Lipinski definition) is 2. The van der Waals surface area contributed by atoms with Crippen LogP contribution >= 0.6 is 0 Å². The molecule has 1 fully saturated rings. The fourth-order valence-electron chi connectivity index (χ4n) is 2.99. The van der Waals surface area contributed by atoms with Gasteiger partial charge in [0.05, 0.1) is 6.21 Å². The summed E-state index contributed by atoms with van der Waals surface area (Å²) in [5.41, 5.74) is 1.18. The summed E-state index contributed by atoms with van der Waals surface area (Å²) in [5.74, 6) is 2.01. The van der Waals surface area contributed by atoms with Gasteiger partial charge in [0.25, 0.3) is 0 Å². The maximum Gasteiger partial charge on any atom is 0.182 e. The van der Waals surface area contributed by atoms with Crippen molar-refractivity contribution >= 4 is 17.6 Å². The Bertz CT molecular complexity index is 419. The molecule has 1 aromatic rings. The fourth-order valence-corrected chi connectivity index (χ4v) is 3.76. The van der Waals surface area contributed by atoms with E-state index < -0.39 is 11.4 Å². The van der Waals surface area contributed by atoms with Crippen molar-refractivity contribution in [2.45, 2.75) is 44.9 Å². The molecule has 0 spiro atoms. The smallest absolute Gasteiger partial charge is 0.182 e. The van der Waals surface area contributed by atoms with Crippen LogP contribution in [-0.4, -0.2) is 10.8 Å². The zero-order valence-corrected chi connectivity index (χ0v) is 12.8. The first-order valence-electron chi connectivity index (χ1n) is 7.07. The molecule has 1 aromatic carbocycles. The largest absolute Gasteiger partial charge is 0.586 e. The molecule has 0 heterocycles. The van der Waals surface area contributed by atoms with Crippen LogP contribution in [0.4, 0.5) is 0 Å². The summed E-state index contributed by atoms with van der Waals surface area (Å²) in [6.45, 7) is 6.63. The van der Waals surface area contributed by atoms with Crippen molar-refractivity contribution in [3.8, 4) is 0 Å². The highest BCUT2D eigenvalue weighted by atomic mass is 32.2. The third kappa shape index (κ3) is 4.36. The average molecular weight is 277 g/mol. The van der Waals surface area contributed by atoms with E-state index in [-0.39, 0.29) is 0 Å². The summed E-state index contributed by atoms with van der Waals surface area (Å²) < 4.78 is 16.3.